The van der Waals surface area contributed by atoms with Gasteiger partial charge in [0.05, 0.1) is 22.6 Å². The van der Waals surface area contributed by atoms with Crippen LogP contribution < -0.4 is 0 Å². The number of benzene rings is 1. The second-order valence-corrected chi connectivity index (χ2v) is 8.79. The molecule has 0 bridgehead atoms. The Labute approximate surface area is 167 Å². The molecule has 0 amide bonds. The summed E-state index contributed by atoms with van der Waals surface area (Å²) in [6, 6.07) is 9.05. The number of thiophene rings is 1. The molecular weight excluding hydrogens is 382 g/mol. The lowest BCUT2D eigenvalue weighted by atomic mass is 10.1. The Morgan fingerprint density at radius 2 is 2.15 bits per heavy atom. The molecular formula is C20H22ClN3O2S. The molecule has 7 heteroatoms. The molecule has 0 spiro atoms. The van der Waals surface area contributed by atoms with E-state index in [1.807, 2.05) is 18.3 Å². The topological polar surface area (TPSA) is 50.5 Å². The van der Waals surface area contributed by atoms with Gasteiger partial charge in [0.2, 0.25) is 0 Å². The molecule has 2 fully saturated rings. The molecule has 3 aromatic rings. The van der Waals surface area contributed by atoms with Crippen molar-refractivity contribution in [1.82, 2.24) is 14.5 Å². The van der Waals surface area contributed by atoms with Gasteiger partial charge < -0.3 is 14.4 Å². The van der Waals surface area contributed by atoms with Gasteiger partial charge in [-0.05, 0) is 18.9 Å². The number of aromatic nitrogens is 2. The van der Waals surface area contributed by atoms with Crippen LogP contribution in [-0.2, 0) is 4.74 Å². The smallest absolute Gasteiger partial charge is 0.151 e. The van der Waals surface area contributed by atoms with E-state index in [4.69, 9.17) is 16.3 Å². The number of hydrogen-bond acceptors (Lipinski definition) is 5. The van der Waals surface area contributed by atoms with E-state index in [-0.39, 0.29) is 12.7 Å². The number of morpholine rings is 1. The minimum Gasteiger partial charge on any atom is -0.396 e. The van der Waals surface area contributed by atoms with Crippen LogP contribution in [0.1, 0.15) is 18.9 Å². The largest absolute Gasteiger partial charge is 0.396 e. The van der Waals surface area contributed by atoms with Crippen molar-refractivity contribution in [2.24, 2.45) is 0 Å². The van der Waals surface area contributed by atoms with E-state index in [9.17, 15) is 5.11 Å². The van der Waals surface area contributed by atoms with Crippen molar-refractivity contribution in [2.45, 2.75) is 31.0 Å². The highest BCUT2D eigenvalue weighted by Crippen LogP contribution is 2.43. The highest BCUT2D eigenvalue weighted by Gasteiger charge is 2.38. The van der Waals surface area contributed by atoms with Gasteiger partial charge in [0.15, 0.2) is 5.82 Å². The van der Waals surface area contributed by atoms with Crippen molar-refractivity contribution in [1.29, 1.82) is 0 Å². The molecule has 2 saturated heterocycles. The Morgan fingerprint density at radius 3 is 3.00 bits per heavy atom. The summed E-state index contributed by atoms with van der Waals surface area (Å²) in [6.07, 6.45) is 5.85. The first kappa shape index (κ1) is 17.6. The molecule has 0 unspecified atom stereocenters. The van der Waals surface area contributed by atoms with Crippen LogP contribution in [0.5, 0.6) is 0 Å². The average molecular weight is 404 g/mol. The Bertz CT molecular complexity index is 956. The van der Waals surface area contributed by atoms with Crippen LogP contribution in [0.2, 0.25) is 5.02 Å². The first-order valence-electron chi connectivity index (χ1n) is 9.41. The lowest BCUT2D eigenvalue weighted by Crippen LogP contribution is -2.46. The molecule has 4 heterocycles. The summed E-state index contributed by atoms with van der Waals surface area (Å²) < 4.78 is 9.40. The first-order chi connectivity index (χ1) is 13.2. The zero-order valence-corrected chi connectivity index (χ0v) is 16.5. The van der Waals surface area contributed by atoms with Crippen molar-refractivity contribution >= 4 is 33.0 Å². The van der Waals surface area contributed by atoms with Crippen LogP contribution in [0.25, 0.3) is 20.8 Å². The Morgan fingerprint density at radius 1 is 1.26 bits per heavy atom. The SMILES string of the molecule is OCC[C@H]1CN2C[C@@H](n3ccnc3-c3sc4ccccc4c3Cl)C[C@H]2CO1. The number of ether oxygens (including phenoxy) is 1. The molecule has 3 atom stereocenters. The lowest BCUT2D eigenvalue weighted by molar-refractivity contribution is -0.0567. The van der Waals surface area contributed by atoms with Crippen molar-refractivity contribution in [3.63, 3.8) is 0 Å². The van der Waals surface area contributed by atoms with E-state index in [1.165, 1.54) is 4.70 Å². The number of aliphatic hydroxyl groups is 1. The molecule has 1 N–H and O–H groups in total. The van der Waals surface area contributed by atoms with Crippen molar-refractivity contribution in [3.05, 3.63) is 41.7 Å². The van der Waals surface area contributed by atoms with Gasteiger partial charge in [0.25, 0.3) is 0 Å². The number of nitrogens with zero attached hydrogens (tertiary/aromatic N) is 3. The standard InChI is InChI=1S/C20H22ClN3O2S/c21-18-16-3-1-2-4-17(16)27-19(18)20-22-6-7-24(20)13-9-14-12-26-15(5-8-25)11-23(14)10-13/h1-4,6-7,13-15,25H,5,8-12H2/t13-,14-,15-/m0/s1. The number of fused-ring (bicyclic) bond motifs is 2. The molecule has 27 heavy (non-hydrogen) atoms. The summed E-state index contributed by atoms with van der Waals surface area (Å²) in [5.74, 6) is 0.957. The molecule has 1 aromatic carbocycles. The van der Waals surface area contributed by atoms with Crippen LogP contribution in [0.3, 0.4) is 0 Å². The quantitative estimate of drug-likeness (QED) is 0.719. The van der Waals surface area contributed by atoms with Gasteiger partial charge in [0.1, 0.15) is 0 Å². The van der Waals surface area contributed by atoms with Gasteiger partial charge >= 0.3 is 0 Å². The number of rotatable bonds is 4. The van der Waals surface area contributed by atoms with Gasteiger partial charge in [-0.3, -0.25) is 4.90 Å². The third-order valence-electron chi connectivity index (χ3n) is 5.72. The van der Waals surface area contributed by atoms with Crippen LogP contribution in [-0.4, -0.2) is 58.0 Å². The summed E-state index contributed by atoms with van der Waals surface area (Å²) in [5.41, 5.74) is 0. The molecule has 142 valence electrons. The summed E-state index contributed by atoms with van der Waals surface area (Å²) in [5, 5.41) is 11.1. The van der Waals surface area contributed by atoms with Gasteiger partial charge in [-0.15, -0.1) is 11.3 Å². The Hall–Kier alpha value is -1.44. The van der Waals surface area contributed by atoms with Gasteiger partial charge in [-0.1, -0.05) is 29.8 Å². The molecule has 2 aliphatic rings. The van der Waals surface area contributed by atoms with Crippen molar-refractivity contribution in [2.75, 3.05) is 26.3 Å². The van der Waals surface area contributed by atoms with Gasteiger partial charge in [0, 0.05) is 54.3 Å². The van der Waals surface area contributed by atoms with Gasteiger partial charge in [-0.25, -0.2) is 4.98 Å². The van der Waals surface area contributed by atoms with E-state index >= 15 is 0 Å². The zero-order valence-electron chi connectivity index (χ0n) is 14.9. The molecule has 0 saturated carbocycles. The third kappa shape index (κ3) is 3.09. The fraction of sp³-hybridized carbons (Fsp3) is 0.450. The predicted octanol–water partition coefficient (Wildman–Crippen LogP) is 3.81. The minimum absolute atomic E-state index is 0.143. The maximum atomic E-state index is 9.19. The lowest BCUT2D eigenvalue weighted by Gasteiger charge is -2.34. The number of halogens is 1. The highest BCUT2D eigenvalue weighted by atomic mass is 35.5. The van der Waals surface area contributed by atoms with Crippen molar-refractivity contribution in [3.8, 4) is 10.7 Å². The minimum atomic E-state index is 0.143. The van der Waals surface area contributed by atoms with E-state index in [1.54, 1.807) is 11.3 Å². The second-order valence-electron chi connectivity index (χ2n) is 7.36. The second kappa shape index (κ2) is 7.18. The van der Waals surface area contributed by atoms with E-state index in [0.29, 0.717) is 18.5 Å². The summed E-state index contributed by atoms with van der Waals surface area (Å²) in [4.78, 5) is 8.20. The van der Waals surface area contributed by atoms with Crippen LogP contribution >= 0.6 is 22.9 Å². The van der Waals surface area contributed by atoms with Crippen molar-refractivity contribution < 1.29 is 9.84 Å². The molecule has 2 aromatic heterocycles. The Balaban J connectivity index is 1.43. The van der Waals surface area contributed by atoms with E-state index < -0.39 is 0 Å². The fourth-order valence-corrected chi connectivity index (χ4v) is 5.89. The monoisotopic (exact) mass is 403 g/mol. The van der Waals surface area contributed by atoms with E-state index in [2.05, 4.69) is 32.8 Å². The maximum Gasteiger partial charge on any atom is 0.151 e. The van der Waals surface area contributed by atoms with Crippen LogP contribution in [0.4, 0.5) is 0 Å². The predicted molar refractivity (Wildman–Crippen MR) is 109 cm³/mol. The normalized spacial score (nSPS) is 25.9. The molecule has 0 radical (unpaired) electrons. The summed E-state index contributed by atoms with van der Waals surface area (Å²) in [6.45, 7) is 2.81. The summed E-state index contributed by atoms with van der Waals surface area (Å²) in [7, 11) is 0. The average Bonchev–Trinajstić information content (AvgIpc) is 3.38. The van der Waals surface area contributed by atoms with Gasteiger partial charge in [-0.2, -0.15) is 0 Å². The Kier molecular flexibility index (Phi) is 4.70. The highest BCUT2D eigenvalue weighted by molar-refractivity contribution is 7.23. The molecule has 5 nitrogen and oxygen atoms in total. The number of hydrogen-bond donors (Lipinski definition) is 1. The number of imidazole rings is 1. The molecule has 2 aliphatic heterocycles. The maximum absolute atomic E-state index is 9.19. The van der Waals surface area contributed by atoms with Crippen LogP contribution in [0.15, 0.2) is 36.7 Å². The third-order valence-corrected chi connectivity index (χ3v) is 7.39. The number of aliphatic hydroxyl groups excluding tert-OH is 1. The molecule has 5 rings (SSSR count). The zero-order chi connectivity index (χ0) is 18.4. The molecule has 0 aliphatic carbocycles. The summed E-state index contributed by atoms with van der Waals surface area (Å²) >= 11 is 8.41. The van der Waals surface area contributed by atoms with Crippen LogP contribution in [0, 0.1) is 0 Å². The first-order valence-corrected chi connectivity index (χ1v) is 10.6. The fourth-order valence-electron chi connectivity index (χ4n) is 4.38. The van der Waals surface area contributed by atoms with E-state index in [0.717, 1.165) is 47.2 Å².